The average molecular weight is 321 g/mol. The number of pyridine rings is 1. The van der Waals surface area contributed by atoms with E-state index in [2.05, 4.69) is 40.0 Å². The number of ether oxygens (including phenoxy) is 1. The van der Waals surface area contributed by atoms with Crippen molar-refractivity contribution in [1.82, 2.24) is 4.98 Å². The molecule has 0 radical (unpaired) electrons. The number of nitrogens with two attached hydrogens (primary N) is 1. The molecule has 1 aromatic heterocycles. The first-order valence-corrected chi connectivity index (χ1v) is 7.34. The van der Waals surface area contributed by atoms with Crippen LogP contribution in [0.1, 0.15) is 12.0 Å². The number of anilines is 1. The van der Waals surface area contributed by atoms with Crippen molar-refractivity contribution in [3.8, 4) is 16.9 Å². The van der Waals surface area contributed by atoms with Gasteiger partial charge in [0.2, 0.25) is 0 Å². The number of benzene rings is 1. The summed E-state index contributed by atoms with van der Waals surface area (Å²) >= 11 is 3.39. The van der Waals surface area contributed by atoms with Crippen molar-refractivity contribution in [1.29, 1.82) is 0 Å². The van der Waals surface area contributed by atoms with Gasteiger partial charge in [0, 0.05) is 11.5 Å². The predicted molar refractivity (Wildman–Crippen MR) is 82.7 cm³/mol. The molecule has 0 atom stereocenters. The summed E-state index contributed by atoms with van der Waals surface area (Å²) in [6.45, 7) is 2.79. The summed E-state index contributed by atoms with van der Waals surface area (Å²) in [7, 11) is 0. The minimum Gasteiger partial charge on any atom is -0.494 e. The molecular weight excluding hydrogens is 304 g/mol. The van der Waals surface area contributed by atoms with E-state index < -0.39 is 0 Å². The molecule has 100 valence electrons. The van der Waals surface area contributed by atoms with Crippen LogP contribution in [0.2, 0.25) is 0 Å². The van der Waals surface area contributed by atoms with Gasteiger partial charge in [-0.05, 0) is 54.3 Å². The molecular formula is C15H17BrN2O. The fourth-order valence-corrected chi connectivity index (χ4v) is 2.09. The molecule has 0 aliphatic carbocycles. The standard InChI is InChI=1S/C15H17BrN2O/c1-11-3-4-13(19-8-2-6-16)10-14(11)12-5-7-18-15(17)9-12/h3-5,7,9-10H,2,6,8H2,1H3,(H2,17,18). The lowest BCUT2D eigenvalue weighted by atomic mass is 10.0. The summed E-state index contributed by atoms with van der Waals surface area (Å²) in [6.07, 6.45) is 2.72. The van der Waals surface area contributed by atoms with Gasteiger partial charge in [0.1, 0.15) is 11.6 Å². The summed E-state index contributed by atoms with van der Waals surface area (Å²) in [6, 6.07) is 9.96. The Morgan fingerprint density at radius 1 is 1.26 bits per heavy atom. The fourth-order valence-electron chi connectivity index (χ4n) is 1.86. The summed E-state index contributed by atoms with van der Waals surface area (Å²) in [5.41, 5.74) is 9.12. The van der Waals surface area contributed by atoms with E-state index in [1.165, 1.54) is 5.56 Å². The minimum absolute atomic E-state index is 0.530. The van der Waals surface area contributed by atoms with Crippen LogP contribution < -0.4 is 10.5 Å². The monoisotopic (exact) mass is 320 g/mol. The largest absolute Gasteiger partial charge is 0.494 e. The summed E-state index contributed by atoms with van der Waals surface area (Å²) < 4.78 is 5.72. The zero-order valence-electron chi connectivity index (χ0n) is 10.9. The van der Waals surface area contributed by atoms with Gasteiger partial charge in [0.15, 0.2) is 0 Å². The Morgan fingerprint density at radius 3 is 2.84 bits per heavy atom. The number of rotatable bonds is 5. The molecule has 2 N–H and O–H groups in total. The molecule has 19 heavy (non-hydrogen) atoms. The van der Waals surface area contributed by atoms with Crippen LogP contribution in [0.25, 0.3) is 11.1 Å². The van der Waals surface area contributed by atoms with Crippen LogP contribution in [0.4, 0.5) is 5.82 Å². The Labute approximate surface area is 121 Å². The molecule has 2 rings (SSSR count). The van der Waals surface area contributed by atoms with Crippen LogP contribution in [0, 0.1) is 6.92 Å². The normalized spacial score (nSPS) is 10.4. The highest BCUT2D eigenvalue weighted by Gasteiger charge is 2.05. The van der Waals surface area contributed by atoms with Gasteiger partial charge in [-0.3, -0.25) is 0 Å². The van der Waals surface area contributed by atoms with Gasteiger partial charge in [0.25, 0.3) is 0 Å². The molecule has 3 nitrogen and oxygen atoms in total. The van der Waals surface area contributed by atoms with Crippen molar-refractivity contribution in [2.75, 3.05) is 17.7 Å². The third-order valence-electron chi connectivity index (χ3n) is 2.85. The Morgan fingerprint density at radius 2 is 2.11 bits per heavy atom. The van der Waals surface area contributed by atoms with Gasteiger partial charge < -0.3 is 10.5 Å². The second kappa shape index (κ2) is 6.57. The molecule has 0 aliphatic rings. The van der Waals surface area contributed by atoms with E-state index >= 15 is 0 Å². The lowest BCUT2D eigenvalue weighted by molar-refractivity contribution is 0.319. The number of halogens is 1. The number of alkyl halides is 1. The van der Waals surface area contributed by atoms with Gasteiger partial charge in [-0.15, -0.1) is 0 Å². The highest BCUT2D eigenvalue weighted by atomic mass is 79.9. The molecule has 0 fully saturated rings. The van der Waals surface area contributed by atoms with Gasteiger partial charge in [0.05, 0.1) is 6.61 Å². The van der Waals surface area contributed by atoms with E-state index in [9.17, 15) is 0 Å². The molecule has 1 heterocycles. The zero-order chi connectivity index (χ0) is 13.7. The Hall–Kier alpha value is -1.55. The number of nitrogen functional groups attached to an aromatic ring is 1. The molecule has 0 bridgehead atoms. The average Bonchev–Trinajstić information content (AvgIpc) is 2.41. The Kier molecular flexibility index (Phi) is 4.80. The Balaban J connectivity index is 2.26. The third kappa shape index (κ3) is 3.70. The molecule has 0 saturated heterocycles. The number of nitrogens with zero attached hydrogens (tertiary/aromatic N) is 1. The maximum Gasteiger partial charge on any atom is 0.123 e. The summed E-state index contributed by atoms with van der Waals surface area (Å²) in [5, 5.41) is 0.951. The summed E-state index contributed by atoms with van der Waals surface area (Å²) in [5.74, 6) is 1.42. The van der Waals surface area contributed by atoms with Crippen molar-refractivity contribution >= 4 is 21.7 Å². The first-order valence-electron chi connectivity index (χ1n) is 6.22. The molecule has 1 aromatic carbocycles. The zero-order valence-corrected chi connectivity index (χ0v) is 12.5. The van der Waals surface area contributed by atoms with Crippen LogP contribution >= 0.6 is 15.9 Å². The first-order chi connectivity index (χ1) is 9.20. The van der Waals surface area contributed by atoms with Crippen molar-refractivity contribution < 1.29 is 4.74 Å². The SMILES string of the molecule is Cc1ccc(OCCCBr)cc1-c1ccnc(N)c1. The van der Waals surface area contributed by atoms with Crippen molar-refractivity contribution in [3.63, 3.8) is 0 Å². The lowest BCUT2D eigenvalue weighted by Gasteiger charge is -2.10. The quantitative estimate of drug-likeness (QED) is 0.673. The smallest absolute Gasteiger partial charge is 0.123 e. The van der Waals surface area contributed by atoms with Crippen LogP contribution in [0.5, 0.6) is 5.75 Å². The minimum atomic E-state index is 0.530. The third-order valence-corrected chi connectivity index (χ3v) is 3.41. The number of hydrogen-bond acceptors (Lipinski definition) is 3. The lowest BCUT2D eigenvalue weighted by Crippen LogP contribution is -1.98. The maximum atomic E-state index is 5.73. The van der Waals surface area contributed by atoms with Crippen molar-refractivity contribution in [2.24, 2.45) is 0 Å². The summed E-state index contributed by atoms with van der Waals surface area (Å²) in [4.78, 5) is 4.02. The van der Waals surface area contributed by atoms with Crippen molar-refractivity contribution in [2.45, 2.75) is 13.3 Å². The van der Waals surface area contributed by atoms with E-state index in [0.717, 1.165) is 28.6 Å². The van der Waals surface area contributed by atoms with Gasteiger partial charge in [-0.2, -0.15) is 0 Å². The second-order valence-corrected chi connectivity index (χ2v) is 5.13. The van der Waals surface area contributed by atoms with Gasteiger partial charge >= 0.3 is 0 Å². The molecule has 0 amide bonds. The maximum absolute atomic E-state index is 5.73. The first kappa shape index (κ1) is 13.9. The van der Waals surface area contributed by atoms with Crippen LogP contribution in [-0.4, -0.2) is 16.9 Å². The van der Waals surface area contributed by atoms with E-state index in [1.807, 2.05) is 18.2 Å². The second-order valence-electron chi connectivity index (χ2n) is 4.34. The van der Waals surface area contributed by atoms with E-state index in [-0.39, 0.29) is 0 Å². The van der Waals surface area contributed by atoms with E-state index in [1.54, 1.807) is 6.20 Å². The van der Waals surface area contributed by atoms with E-state index in [0.29, 0.717) is 12.4 Å². The van der Waals surface area contributed by atoms with E-state index in [4.69, 9.17) is 10.5 Å². The van der Waals surface area contributed by atoms with Crippen LogP contribution in [-0.2, 0) is 0 Å². The Bertz CT molecular complexity index is 558. The molecule has 4 heteroatoms. The topological polar surface area (TPSA) is 48.1 Å². The molecule has 2 aromatic rings. The van der Waals surface area contributed by atoms with Crippen molar-refractivity contribution in [3.05, 3.63) is 42.1 Å². The molecule has 0 saturated carbocycles. The molecule has 0 spiro atoms. The number of hydrogen-bond donors (Lipinski definition) is 1. The molecule has 0 unspecified atom stereocenters. The highest BCUT2D eigenvalue weighted by molar-refractivity contribution is 9.09. The predicted octanol–water partition coefficient (Wildman–Crippen LogP) is 3.80. The highest BCUT2D eigenvalue weighted by Crippen LogP contribution is 2.28. The van der Waals surface area contributed by atoms with Crippen LogP contribution in [0.3, 0.4) is 0 Å². The number of aryl methyl sites for hydroxylation is 1. The fraction of sp³-hybridized carbons (Fsp3) is 0.267. The molecule has 0 aliphatic heterocycles. The van der Waals surface area contributed by atoms with Gasteiger partial charge in [-0.1, -0.05) is 22.0 Å². The van der Waals surface area contributed by atoms with Gasteiger partial charge in [-0.25, -0.2) is 4.98 Å². The number of aromatic nitrogens is 1. The van der Waals surface area contributed by atoms with Crippen LogP contribution in [0.15, 0.2) is 36.5 Å².